The normalized spacial score (nSPS) is 16.4. The van der Waals surface area contributed by atoms with Crippen LogP contribution in [0.4, 0.5) is 0 Å². The van der Waals surface area contributed by atoms with Gasteiger partial charge in [-0.2, -0.15) is 4.57 Å². The number of aromatic nitrogens is 2. The fraction of sp³-hybridized carbons (Fsp3) is 0.182. The van der Waals surface area contributed by atoms with Crippen LogP contribution in [0.3, 0.4) is 0 Å². The number of nitrogens with zero attached hydrogens (tertiary/aromatic N) is 2. The first-order valence-corrected chi connectivity index (χ1v) is 8.61. The number of hydrogen-bond donors (Lipinski definition) is 0. The van der Waals surface area contributed by atoms with E-state index in [-0.39, 0.29) is 0 Å². The predicted molar refractivity (Wildman–Crippen MR) is 95.5 cm³/mol. The summed E-state index contributed by atoms with van der Waals surface area (Å²) >= 11 is 0. The van der Waals surface area contributed by atoms with Crippen LogP contribution in [0.15, 0.2) is 91.5 Å². The van der Waals surface area contributed by atoms with E-state index in [1.165, 1.54) is 29.7 Å². The average molecular weight is 314 g/mol. The summed E-state index contributed by atoms with van der Waals surface area (Å²) in [7, 11) is 0. The van der Waals surface area contributed by atoms with Crippen molar-refractivity contribution in [3.8, 4) is 16.8 Å². The fourth-order valence-corrected chi connectivity index (χ4v) is 3.28. The molecule has 3 aromatic rings. The topological polar surface area (TPSA) is 7.76 Å². The van der Waals surface area contributed by atoms with E-state index in [1.807, 2.05) is 6.07 Å². The third-order valence-electron chi connectivity index (χ3n) is 4.67. The van der Waals surface area contributed by atoms with Crippen molar-refractivity contribution >= 4 is 0 Å². The van der Waals surface area contributed by atoms with Crippen LogP contribution in [-0.2, 0) is 6.54 Å². The van der Waals surface area contributed by atoms with Gasteiger partial charge >= 0.3 is 0 Å². The highest BCUT2D eigenvalue weighted by Crippen LogP contribution is 2.18. The standard InChI is InChI=1S/C22H22N2/c1-2-8-22(9-3-1)24-16-12-21(13-17-24)20-10-14-23(15-11-20)18-19-6-4-5-7-19/h1-4,6,8-17,19H,5,7,18H2/q+2/t19-/m1/s1. The molecule has 0 amide bonds. The Morgan fingerprint density at radius 3 is 2.08 bits per heavy atom. The first kappa shape index (κ1) is 14.8. The highest BCUT2D eigenvalue weighted by molar-refractivity contribution is 5.61. The second-order valence-corrected chi connectivity index (χ2v) is 6.38. The van der Waals surface area contributed by atoms with E-state index < -0.39 is 0 Å². The lowest BCUT2D eigenvalue weighted by Gasteiger charge is -2.04. The van der Waals surface area contributed by atoms with Gasteiger partial charge in [0, 0.05) is 42.3 Å². The van der Waals surface area contributed by atoms with Crippen LogP contribution in [-0.4, -0.2) is 0 Å². The van der Waals surface area contributed by atoms with Gasteiger partial charge < -0.3 is 0 Å². The number of allylic oxidation sites excluding steroid dienone is 2. The lowest BCUT2D eigenvalue weighted by Crippen LogP contribution is -2.35. The molecule has 118 valence electrons. The Bertz CT molecular complexity index is 818. The molecule has 24 heavy (non-hydrogen) atoms. The zero-order valence-corrected chi connectivity index (χ0v) is 13.8. The molecular weight excluding hydrogens is 292 g/mol. The minimum Gasteiger partial charge on any atom is -0.204 e. The molecule has 0 bridgehead atoms. The summed E-state index contributed by atoms with van der Waals surface area (Å²) in [6.07, 6.45) is 15.8. The molecule has 2 aromatic heterocycles. The third-order valence-corrected chi connectivity index (χ3v) is 4.67. The molecule has 0 N–H and O–H groups in total. The number of rotatable bonds is 4. The molecule has 0 aliphatic heterocycles. The number of para-hydroxylation sites is 1. The lowest BCUT2D eigenvalue weighted by atomic mass is 10.1. The van der Waals surface area contributed by atoms with E-state index in [0.29, 0.717) is 5.92 Å². The van der Waals surface area contributed by atoms with Gasteiger partial charge in [0.1, 0.15) is 0 Å². The van der Waals surface area contributed by atoms with Crippen molar-refractivity contribution in [3.05, 3.63) is 91.5 Å². The van der Waals surface area contributed by atoms with Crippen molar-refractivity contribution in [1.82, 2.24) is 0 Å². The molecule has 1 aliphatic carbocycles. The molecule has 0 fully saturated rings. The fourth-order valence-electron chi connectivity index (χ4n) is 3.28. The van der Waals surface area contributed by atoms with Crippen molar-refractivity contribution in [3.63, 3.8) is 0 Å². The van der Waals surface area contributed by atoms with Crippen molar-refractivity contribution in [2.75, 3.05) is 0 Å². The Morgan fingerprint density at radius 1 is 0.792 bits per heavy atom. The van der Waals surface area contributed by atoms with Crippen LogP contribution in [0.25, 0.3) is 16.8 Å². The highest BCUT2D eigenvalue weighted by Gasteiger charge is 2.14. The van der Waals surface area contributed by atoms with Crippen LogP contribution < -0.4 is 9.13 Å². The predicted octanol–water partition coefficient (Wildman–Crippen LogP) is 3.88. The van der Waals surface area contributed by atoms with E-state index in [2.05, 4.69) is 94.6 Å². The van der Waals surface area contributed by atoms with Crippen LogP contribution in [0.2, 0.25) is 0 Å². The number of benzene rings is 1. The van der Waals surface area contributed by atoms with Gasteiger partial charge in [-0.15, -0.1) is 0 Å². The van der Waals surface area contributed by atoms with Crippen LogP contribution in [0.5, 0.6) is 0 Å². The van der Waals surface area contributed by atoms with Gasteiger partial charge in [0.05, 0.1) is 0 Å². The number of pyridine rings is 2. The van der Waals surface area contributed by atoms with Crippen molar-refractivity contribution < 1.29 is 9.13 Å². The van der Waals surface area contributed by atoms with E-state index >= 15 is 0 Å². The van der Waals surface area contributed by atoms with Gasteiger partial charge in [-0.25, -0.2) is 4.57 Å². The molecule has 1 atom stereocenters. The molecule has 0 saturated carbocycles. The molecule has 1 aliphatic rings. The molecule has 0 saturated heterocycles. The quantitative estimate of drug-likeness (QED) is 0.510. The minimum atomic E-state index is 0.697. The molecule has 0 spiro atoms. The molecule has 0 radical (unpaired) electrons. The molecule has 4 rings (SSSR count). The summed E-state index contributed by atoms with van der Waals surface area (Å²) in [5.41, 5.74) is 3.68. The van der Waals surface area contributed by atoms with Gasteiger partial charge in [0.25, 0.3) is 0 Å². The maximum atomic E-state index is 2.35. The molecule has 2 heterocycles. The monoisotopic (exact) mass is 314 g/mol. The first-order valence-electron chi connectivity index (χ1n) is 8.61. The van der Waals surface area contributed by atoms with Gasteiger partial charge in [0.15, 0.2) is 31.3 Å². The molecule has 1 aromatic carbocycles. The Balaban J connectivity index is 1.50. The lowest BCUT2D eigenvalue weighted by molar-refractivity contribution is -0.701. The molecule has 0 unspecified atom stereocenters. The second-order valence-electron chi connectivity index (χ2n) is 6.38. The van der Waals surface area contributed by atoms with Crippen molar-refractivity contribution in [1.29, 1.82) is 0 Å². The van der Waals surface area contributed by atoms with Gasteiger partial charge in [0.2, 0.25) is 5.69 Å². The van der Waals surface area contributed by atoms with Crippen molar-refractivity contribution in [2.45, 2.75) is 19.4 Å². The van der Waals surface area contributed by atoms with E-state index in [0.717, 1.165) is 6.54 Å². The summed E-state index contributed by atoms with van der Waals surface area (Å²) < 4.78 is 4.43. The summed E-state index contributed by atoms with van der Waals surface area (Å²) in [4.78, 5) is 0. The van der Waals surface area contributed by atoms with Crippen molar-refractivity contribution in [2.24, 2.45) is 5.92 Å². The van der Waals surface area contributed by atoms with E-state index in [4.69, 9.17) is 0 Å². The van der Waals surface area contributed by atoms with Gasteiger partial charge in [-0.05, 0) is 24.0 Å². The van der Waals surface area contributed by atoms with Crippen LogP contribution >= 0.6 is 0 Å². The Morgan fingerprint density at radius 2 is 1.46 bits per heavy atom. The molecule has 2 heteroatoms. The molecule has 2 nitrogen and oxygen atoms in total. The largest absolute Gasteiger partial charge is 0.210 e. The number of hydrogen-bond acceptors (Lipinski definition) is 0. The zero-order chi connectivity index (χ0) is 16.2. The Hall–Kier alpha value is -2.74. The van der Waals surface area contributed by atoms with E-state index in [1.54, 1.807) is 0 Å². The maximum Gasteiger partial charge on any atom is 0.210 e. The summed E-state index contributed by atoms with van der Waals surface area (Å²) in [5.74, 6) is 0.697. The highest BCUT2D eigenvalue weighted by atomic mass is 14.9. The van der Waals surface area contributed by atoms with Gasteiger partial charge in [-0.3, -0.25) is 0 Å². The van der Waals surface area contributed by atoms with Crippen LogP contribution in [0, 0.1) is 5.92 Å². The summed E-state index contributed by atoms with van der Waals surface area (Å²) in [6, 6.07) is 19.2. The first-order chi connectivity index (χ1) is 11.9. The second kappa shape index (κ2) is 6.79. The SMILES string of the molecule is C1=C[C@@H](C[n+]2ccc(-c3cc[n+](-c4ccccc4)cc3)cc2)CC1. The molecular formula is C22H22N2+2. The Kier molecular flexibility index (Phi) is 4.20. The van der Waals surface area contributed by atoms with Gasteiger partial charge in [-0.1, -0.05) is 30.4 Å². The Labute approximate surface area is 143 Å². The minimum absolute atomic E-state index is 0.697. The summed E-state index contributed by atoms with van der Waals surface area (Å²) in [6.45, 7) is 1.08. The summed E-state index contributed by atoms with van der Waals surface area (Å²) in [5, 5.41) is 0. The van der Waals surface area contributed by atoms with Crippen LogP contribution in [0.1, 0.15) is 12.8 Å². The third kappa shape index (κ3) is 3.28. The average Bonchev–Trinajstić information content (AvgIpc) is 3.16. The smallest absolute Gasteiger partial charge is 0.204 e. The maximum absolute atomic E-state index is 2.35. The van der Waals surface area contributed by atoms with E-state index in [9.17, 15) is 0 Å². The zero-order valence-electron chi connectivity index (χ0n) is 13.8.